The van der Waals surface area contributed by atoms with Gasteiger partial charge in [0.1, 0.15) is 17.3 Å². The minimum absolute atomic E-state index is 0.776. The van der Waals surface area contributed by atoms with Crippen LogP contribution in [0.4, 0.5) is 17.3 Å². The highest BCUT2D eigenvalue weighted by atomic mass is 32.2. The number of unbranched alkanes of at least 4 members (excludes halogenated alkanes) is 3. The highest BCUT2D eigenvalue weighted by Crippen LogP contribution is 2.08. The van der Waals surface area contributed by atoms with Gasteiger partial charge in [-0.1, -0.05) is 40.0 Å². The summed E-state index contributed by atoms with van der Waals surface area (Å²) in [7, 11) is -5.22. The van der Waals surface area contributed by atoms with Crippen LogP contribution in [0.1, 0.15) is 59.3 Å². The SMILES string of the molecule is CCCC[S+](CCCC)CCCC.F[B-](F)(F)F. The summed E-state index contributed by atoms with van der Waals surface area (Å²) in [6.45, 7) is 6.92. The number of rotatable bonds is 9. The van der Waals surface area contributed by atoms with Crippen molar-refractivity contribution in [3.05, 3.63) is 0 Å². The Morgan fingerprint density at radius 3 is 1.06 bits per heavy atom. The van der Waals surface area contributed by atoms with Gasteiger partial charge in [0.05, 0.1) is 0 Å². The third-order valence-corrected chi connectivity index (χ3v) is 4.96. The molecule has 18 heavy (non-hydrogen) atoms. The van der Waals surface area contributed by atoms with Gasteiger partial charge < -0.3 is 17.3 Å². The molecule has 112 valence electrons. The van der Waals surface area contributed by atoms with Crippen LogP contribution in [0.25, 0.3) is 0 Å². The first-order valence-corrected chi connectivity index (χ1v) is 8.59. The Hall–Kier alpha value is 0.135. The van der Waals surface area contributed by atoms with Crippen molar-refractivity contribution in [3.8, 4) is 0 Å². The molecule has 0 aliphatic rings. The monoisotopic (exact) mass is 290 g/mol. The third-order valence-electron chi connectivity index (χ3n) is 2.36. The zero-order chi connectivity index (χ0) is 14.4. The molecular weight excluding hydrogens is 263 g/mol. The molecule has 0 unspecified atom stereocenters. The van der Waals surface area contributed by atoms with E-state index < -0.39 is 7.25 Å². The highest BCUT2D eigenvalue weighted by Gasteiger charge is 2.20. The van der Waals surface area contributed by atoms with Gasteiger partial charge in [0.25, 0.3) is 0 Å². The first-order valence-electron chi connectivity index (χ1n) is 6.86. The van der Waals surface area contributed by atoms with E-state index in [-0.39, 0.29) is 0 Å². The van der Waals surface area contributed by atoms with Gasteiger partial charge in [-0.15, -0.1) is 0 Å². The van der Waals surface area contributed by atoms with Crippen molar-refractivity contribution in [3.63, 3.8) is 0 Å². The lowest BCUT2D eigenvalue weighted by molar-refractivity contribution is 0.368. The van der Waals surface area contributed by atoms with E-state index in [1.54, 1.807) is 0 Å². The Bertz CT molecular complexity index is 140. The molecule has 0 aliphatic heterocycles. The lowest BCUT2D eigenvalue weighted by Gasteiger charge is -2.07. The summed E-state index contributed by atoms with van der Waals surface area (Å²) in [6, 6.07) is 0. The molecule has 0 radical (unpaired) electrons. The fraction of sp³-hybridized carbons (Fsp3) is 1.00. The standard InChI is InChI=1S/C12H27S.BF4/c1-4-7-10-13(11-8-5-2)12-9-6-3;2-1(3,4)5/h4-12H2,1-3H3;/q+1;-1. The minimum Gasteiger partial charge on any atom is -0.418 e. The molecule has 0 N–H and O–H groups in total. The smallest absolute Gasteiger partial charge is 0.418 e. The van der Waals surface area contributed by atoms with Crippen molar-refractivity contribution < 1.29 is 17.3 Å². The summed E-state index contributed by atoms with van der Waals surface area (Å²) in [5.74, 6) is 4.53. The molecule has 0 rings (SSSR count). The molecule has 0 aromatic heterocycles. The summed E-state index contributed by atoms with van der Waals surface area (Å²) >= 11 is 0. The third kappa shape index (κ3) is 25.1. The summed E-state index contributed by atoms with van der Waals surface area (Å²) in [6.07, 6.45) is 8.49. The van der Waals surface area contributed by atoms with Crippen molar-refractivity contribution in [2.75, 3.05) is 17.3 Å². The fourth-order valence-electron chi connectivity index (χ4n) is 1.35. The van der Waals surface area contributed by atoms with Crippen LogP contribution in [0.2, 0.25) is 0 Å². The molecule has 0 bridgehead atoms. The van der Waals surface area contributed by atoms with Crippen LogP contribution in [0.15, 0.2) is 0 Å². The predicted molar refractivity (Wildman–Crippen MR) is 76.9 cm³/mol. The van der Waals surface area contributed by atoms with E-state index in [1.807, 2.05) is 0 Å². The molecule has 0 aliphatic carbocycles. The Kier molecular flexibility index (Phi) is 15.4. The van der Waals surface area contributed by atoms with Crippen LogP contribution in [0.3, 0.4) is 0 Å². The Labute approximate surface area is 112 Å². The maximum absolute atomic E-state index is 9.75. The van der Waals surface area contributed by atoms with Gasteiger partial charge >= 0.3 is 7.25 Å². The molecule has 0 atom stereocenters. The number of hydrogen-bond donors (Lipinski definition) is 0. The van der Waals surface area contributed by atoms with Crippen LogP contribution in [0, 0.1) is 0 Å². The zero-order valence-electron chi connectivity index (χ0n) is 11.9. The summed E-state index contributed by atoms with van der Waals surface area (Å²) < 4.78 is 39.0. The molecule has 0 aromatic rings. The fourth-order valence-corrected chi connectivity index (χ4v) is 4.05. The Morgan fingerprint density at radius 1 is 0.667 bits per heavy atom. The van der Waals surface area contributed by atoms with Crippen LogP contribution in [0.5, 0.6) is 0 Å². The van der Waals surface area contributed by atoms with Gasteiger partial charge in [0.15, 0.2) is 0 Å². The predicted octanol–water partition coefficient (Wildman–Crippen LogP) is 5.31. The molecule has 0 nitrogen and oxygen atoms in total. The van der Waals surface area contributed by atoms with Crippen LogP contribution in [-0.2, 0) is 10.9 Å². The second kappa shape index (κ2) is 13.6. The van der Waals surface area contributed by atoms with Gasteiger partial charge in [-0.3, -0.25) is 0 Å². The average Bonchev–Trinajstić information content (AvgIpc) is 2.26. The van der Waals surface area contributed by atoms with E-state index in [4.69, 9.17) is 0 Å². The molecule has 0 spiro atoms. The van der Waals surface area contributed by atoms with Crippen molar-refractivity contribution in [2.24, 2.45) is 0 Å². The molecule has 0 saturated heterocycles. The van der Waals surface area contributed by atoms with Crippen LogP contribution in [-0.4, -0.2) is 24.5 Å². The lowest BCUT2D eigenvalue weighted by Crippen LogP contribution is -2.16. The minimum atomic E-state index is -6.00. The summed E-state index contributed by atoms with van der Waals surface area (Å²) in [4.78, 5) is 0. The van der Waals surface area contributed by atoms with Crippen molar-refractivity contribution in [1.29, 1.82) is 0 Å². The first kappa shape index (κ1) is 20.5. The topological polar surface area (TPSA) is 0 Å². The maximum Gasteiger partial charge on any atom is 0.673 e. The second-order valence-corrected chi connectivity index (χ2v) is 6.73. The van der Waals surface area contributed by atoms with E-state index in [0.29, 0.717) is 0 Å². The molecule has 0 amide bonds. The number of halogens is 4. The Balaban J connectivity index is 0. The second-order valence-electron chi connectivity index (χ2n) is 4.28. The highest BCUT2D eigenvalue weighted by molar-refractivity contribution is 7.96. The van der Waals surface area contributed by atoms with E-state index in [1.165, 1.54) is 55.8 Å². The molecule has 0 aromatic carbocycles. The molecule has 6 heteroatoms. The van der Waals surface area contributed by atoms with E-state index in [9.17, 15) is 17.3 Å². The van der Waals surface area contributed by atoms with Gasteiger partial charge in [-0.05, 0) is 30.2 Å². The summed E-state index contributed by atoms with van der Waals surface area (Å²) in [5, 5.41) is 0. The first-order chi connectivity index (χ1) is 8.35. The largest absolute Gasteiger partial charge is 0.673 e. The van der Waals surface area contributed by atoms with Gasteiger partial charge in [-0.2, -0.15) is 0 Å². The zero-order valence-corrected chi connectivity index (χ0v) is 12.7. The van der Waals surface area contributed by atoms with Crippen LogP contribution >= 0.6 is 0 Å². The van der Waals surface area contributed by atoms with E-state index in [0.717, 1.165) is 10.9 Å². The van der Waals surface area contributed by atoms with E-state index in [2.05, 4.69) is 20.8 Å². The van der Waals surface area contributed by atoms with Crippen molar-refractivity contribution in [1.82, 2.24) is 0 Å². The van der Waals surface area contributed by atoms with Crippen LogP contribution < -0.4 is 0 Å². The lowest BCUT2D eigenvalue weighted by atomic mass is 10.3. The molecular formula is C12H27BF4S. The van der Waals surface area contributed by atoms with Crippen molar-refractivity contribution >= 4 is 18.1 Å². The van der Waals surface area contributed by atoms with Gasteiger partial charge in [0.2, 0.25) is 0 Å². The molecule has 0 saturated carbocycles. The average molecular weight is 290 g/mol. The normalized spacial score (nSPS) is 11.3. The van der Waals surface area contributed by atoms with E-state index >= 15 is 0 Å². The quantitative estimate of drug-likeness (QED) is 0.307. The maximum atomic E-state index is 9.75. The van der Waals surface area contributed by atoms with Gasteiger partial charge in [-0.25, -0.2) is 0 Å². The molecule has 0 heterocycles. The number of hydrogen-bond acceptors (Lipinski definition) is 0. The summed E-state index contributed by atoms with van der Waals surface area (Å²) in [5.41, 5.74) is 0. The van der Waals surface area contributed by atoms with Crippen molar-refractivity contribution in [2.45, 2.75) is 59.3 Å². The Morgan fingerprint density at radius 2 is 0.889 bits per heavy atom. The van der Waals surface area contributed by atoms with Gasteiger partial charge in [0, 0.05) is 0 Å². The molecule has 0 fully saturated rings.